The van der Waals surface area contributed by atoms with E-state index in [2.05, 4.69) is 29.5 Å². The fraction of sp³-hybridized carbons (Fsp3) is 0.917. The van der Waals surface area contributed by atoms with Crippen molar-refractivity contribution in [2.24, 2.45) is 4.99 Å². The Morgan fingerprint density at radius 2 is 1.33 bits per heavy atom. The van der Waals surface area contributed by atoms with Gasteiger partial charge in [0.2, 0.25) is 0 Å². The van der Waals surface area contributed by atoms with Gasteiger partial charge in [-0.1, -0.05) is 39.5 Å². The molecule has 0 saturated carbocycles. The van der Waals surface area contributed by atoms with E-state index in [-0.39, 0.29) is 0 Å². The number of nitrogens with zero attached hydrogens (tertiary/aromatic N) is 1. The highest BCUT2D eigenvalue weighted by molar-refractivity contribution is 5.79. The van der Waals surface area contributed by atoms with Gasteiger partial charge < -0.3 is 10.6 Å². The predicted molar refractivity (Wildman–Crippen MR) is 68.4 cm³/mol. The molecule has 0 aliphatic rings. The molecule has 90 valence electrons. The molecule has 0 radical (unpaired) electrons. The molecule has 0 aromatic heterocycles. The van der Waals surface area contributed by atoms with Gasteiger partial charge in [0.15, 0.2) is 5.96 Å². The molecule has 0 saturated heterocycles. The molecule has 0 aromatic rings. The highest BCUT2D eigenvalue weighted by Gasteiger charge is 1.95. The van der Waals surface area contributed by atoms with Crippen molar-refractivity contribution in [2.75, 3.05) is 20.1 Å². The summed E-state index contributed by atoms with van der Waals surface area (Å²) in [5.74, 6) is 0.946. The van der Waals surface area contributed by atoms with Gasteiger partial charge in [0, 0.05) is 20.1 Å². The van der Waals surface area contributed by atoms with Gasteiger partial charge in [0.1, 0.15) is 0 Å². The highest BCUT2D eigenvalue weighted by atomic mass is 15.2. The summed E-state index contributed by atoms with van der Waals surface area (Å²) in [6.07, 6.45) is 7.58. The minimum absolute atomic E-state index is 0.946. The second-order valence-electron chi connectivity index (χ2n) is 3.84. The van der Waals surface area contributed by atoms with Crippen LogP contribution in [0.15, 0.2) is 4.99 Å². The van der Waals surface area contributed by atoms with Gasteiger partial charge in [-0.25, -0.2) is 0 Å². The van der Waals surface area contributed by atoms with E-state index in [1.54, 1.807) is 0 Å². The third-order valence-electron chi connectivity index (χ3n) is 2.37. The van der Waals surface area contributed by atoms with Gasteiger partial charge in [0.05, 0.1) is 0 Å². The van der Waals surface area contributed by atoms with Crippen LogP contribution < -0.4 is 10.6 Å². The molecule has 0 aliphatic carbocycles. The van der Waals surface area contributed by atoms with Gasteiger partial charge in [-0.3, -0.25) is 4.99 Å². The molecule has 0 unspecified atom stereocenters. The largest absolute Gasteiger partial charge is 0.356 e. The normalized spacial score (nSPS) is 9.80. The molecular weight excluding hydrogens is 186 g/mol. The van der Waals surface area contributed by atoms with Crippen LogP contribution in [0.3, 0.4) is 0 Å². The van der Waals surface area contributed by atoms with E-state index < -0.39 is 0 Å². The van der Waals surface area contributed by atoms with E-state index in [0.29, 0.717) is 0 Å². The first-order valence-corrected chi connectivity index (χ1v) is 6.29. The number of guanidine groups is 1. The van der Waals surface area contributed by atoms with Crippen molar-refractivity contribution in [3.05, 3.63) is 0 Å². The summed E-state index contributed by atoms with van der Waals surface area (Å²) >= 11 is 0. The molecule has 3 nitrogen and oxygen atoms in total. The molecule has 0 heterocycles. The molecule has 0 fully saturated rings. The molecule has 0 bridgehead atoms. The first-order valence-electron chi connectivity index (χ1n) is 6.29. The van der Waals surface area contributed by atoms with Crippen molar-refractivity contribution < 1.29 is 0 Å². The Kier molecular flexibility index (Phi) is 10.8. The smallest absolute Gasteiger partial charge is 0.190 e. The zero-order valence-corrected chi connectivity index (χ0v) is 10.6. The number of hydrogen-bond donors (Lipinski definition) is 2. The van der Waals surface area contributed by atoms with E-state index in [1.807, 2.05) is 7.05 Å². The predicted octanol–water partition coefficient (Wildman–Crippen LogP) is 2.53. The lowest BCUT2D eigenvalue weighted by atomic mass is 10.2. The number of aliphatic imine (C=N–C) groups is 1. The fourth-order valence-electron chi connectivity index (χ4n) is 1.38. The van der Waals surface area contributed by atoms with Crippen LogP contribution in [0.25, 0.3) is 0 Å². The maximum absolute atomic E-state index is 4.18. The quantitative estimate of drug-likeness (QED) is 0.369. The second kappa shape index (κ2) is 11.3. The average Bonchev–Trinajstić information content (AvgIpc) is 2.27. The van der Waals surface area contributed by atoms with Crippen molar-refractivity contribution in [1.29, 1.82) is 0 Å². The van der Waals surface area contributed by atoms with Crippen molar-refractivity contribution in [1.82, 2.24) is 10.6 Å². The van der Waals surface area contributed by atoms with Gasteiger partial charge in [-0.2, -0.15) is 0 Å². The monoisotopic (exact) mass is 213 g/mol. The minimum Gasteiger partial charge on any atom is -0.356 e. The van der Waals surface area contributed by atoms with E-state index in [4.69, 9.17) is 0 Å². The minimum atomic E-state index is 0.946. The Bertz CT molecular complexity index is 141. The summed E-state index contributed by atoms with van der Waals surface area (Å²) < 4.78 is 0. The molecule has 0 rings (SSSR count). The third kappa shape index (κ3) is 9.57. The van der Waals surface area contributed by atoms with Crippen LogP contribution in [0.4, 0.5) is 0 Å². The molecule has 0 spiro atoms. The number of unbranched alkanes of at least 4 members (excludes halogenated alkanes) is 4. The maximum Gasteiger partial charge on any atom is 0.190 e. The van der Waals surface area contributed by atoms with Crippen LogP contribution >= 0.6 is 0 Å². The summed E-state index contributed by atoms with van der Waals surface area (Å²) in [5, 5.41) is 6.64. The molecule has 2 N–H and O–H groups in total. The lowest BCUT2D eigenvalue weighted by molar-refractivity contribution is 0.662. The lowest BCUT2D eigenvalue weighted by Gasteiger charge is -2.11. The highest BCUT2D eigenvalue weighted by Crippen LogP contribution is 1.92. The number of nitrogens with one attached hydrogen (secondary N) is 2. The van der Waals surface area contributed by atoms with Gasteiger partial charge in [-0.05, 0) is 12.8 Å². The SMILES string of the molecule is CCCCCNC(=NC)NCCCCC. The summed E-state index contributed by atoms with van der Waals surface area (Å²) in [6, 6.07) is 0. The molecule has 0 aromatic carbocycles. The molecular formula is C12H27N3. The van der Waals surface area contributed by atoms with Crippen LogP contribution in [-0.4, -0.2) is 26.1 Å². The molecule has 0 atom stereocenters. The van der Waals surface area contributed by atoms with E-state index in [9.17, 15) is 0 Å². The Morgan fingerprint density at radius 1 is 0.867 bits per heavy atom. The Balaban J connectivity index is 3.39. The Morgan fingerprint density at radius 3 is 1.67 bits per heavy atom. The average molecular weight is 213 g/mol. The third-order valence-corrected chi connectivity index (χ3v) is 2.37. The standard InChI is InChI=1S/C12H27N3/c1-4-6-8-10-14-12(13-3)15-11-9-7-5-2/h4-11H2,1-3H3,(H2,13,14,15). The number of rotatable bonds is 8. The van der Waals surface area contributed by atoms with E-state index in [0.717, 1.165) is 19.0 Å². The van der Waals surface area contributed by atoms with Crippen molar-refractivity contribution in [2.45, 2.75) is 52.4 Å². The molecule has 0 amide bonds. The molecule has 0 aliphatic heterocycles. The Hall–Kier alpha value is -0.730. The summed E-state index contributed by atoms with van der Waals surface area (Å²) in [4.78, 5) is 4.18. The van der Waals surface area contributed by atoms with Crippen LogP contribution in [-0.2, 0) is 0 Å². The van der Waals surface area contributed by atoms with E-state index in [1.165, 1.54) is 38.5 Å². The second-order valence-corrected chi connectivity index (χ2v) is 3.84. The zero-order valence-electron chi connectivity index (χ0n) is 10.6. The van der Waals surface area contributed by atoms with Crippen LogP contribution in [0.2, 0.25) is 0 Å². The first kappa shape index (κ1) is 14.3. The van der Waals surface area contributed by atoms with Crippen LogP contribution in [0, 0.1) is 0 Å². The van der Waals surface area contributed by atoms with Crippen LogP contribution in [0.1, 0.15) is 52.4 Å². The van der Waals surface area contributed by atoms with E-state index >= 15 is 0 Å². The topological polar surface area (TPSA) is 36.4 Å². The lowest BCUT2D eigenvalue weighted by Crippen LogP contribution is -2.38. The van der Waals surface area contributed by atoms with Gasteiger partial charge >= 0.3 is 0 Å². The van der Waals surface area contributed by atoms with Gasteiger partial charge in [-0.15, -0.1) is 0 Å². The molecule has 15 heavy (non-hydrogen) atoms. The summed E-state index contributed by atoms with van der Waals surface area (Å²) in [6.45, 7) is 6.50. The van der Waals surface area contributed by atoms with Crippen LogP contribution in [0.5, 0.6) is 0 Å². The fourth-order valence-corrected chi connectivity index (χ4v) is 1.38. The molecule has 3 heteroatoms. The zero-order chi connectivity index (χ0) is 11.4. The van der Waals surface area contributed by atoms with Crippen molar-refractivity contribution in [3.8, 4) is 0 Å². The number of hydrogen-bond acceptors (Lipinski definition) is 1. The van der Waals surface area contributed by atoms with Gasteiger partial charge in [0.25, 0.3) is 0 Å². The maximum atomic E-state index is 4.18. The van der Waals surface area contributed by atoms with Crippen molar-refractivity contribution in [3.63, 3.8) is 0 Å². The van der Waals surface area contributed by atoms with Crippen molar-refractivity contribution >= 4 is 5.96 Å². The summed E-state index contributed by atoms with van der Waals surface area (Å²) in [7, 11) is 1.83. The first-order chi connectivity index (χ1) is 7.35. The Labute approximate surface area is 94.7 Å². The summed E-state index contributed by atoms with van der Waals surface area (Å²) in [5.41, 5.74) is 0.